The Morgan fingerprint density at radius 1 is 1.29 bits per heavy atom. The van der Waals surface area contributed by atoms with E-state index in [4.69, 9.17) is 9.47 Å². The minimum atomic E-state index is -0.649. The molecule has 2 saturated heterocycles. The number of hydrogen-bond acceptors (Lipinski definition) is 4. The summed E-state index contributed by atoms with van der Waals surface area (Å²) in [4.78, 5) is 11.8. The lowest BCUT2D eigenvalue weighted by atomic mass is 10.1. The summed E-state index contributed by atoms with van der Waals surface area (Å²) in [5.41, 5.74) is 0.935. The third kappa shape index (κ3) is 2.00. The van der Waals surface area contributed by atoms with Gasteiger partial charge in [-0.15, -0.1) is 0 Å². The number of rotatable bonds is 2. The molecule has 0 aliphatic carbocycles. The number of carbonyl (C=O) groups is 1. The van der Waals surface area contributed by atoms with E-state index in [9.17, 15) is 4.79 Å². The van der Waals surface area contributed by atoms with Crippen molar-refractivity contribution < 1.29 is 14.3 Å². The molecule has 0 saturated carbocycles. The first kappa shape index (κ1) is 10.6. The summed E-state index contributed by atoms with van der Waals surface area (Å²) >= 11 is 0. The van der Waals surface area contributed by atoms with Crippen molar-refractivity contribution in [3.8, 4) is 0 Å². The Morgan fingerprint density at radius 3 is 2.82 bits per heavy atom. The van der Waals surface area contributed by atoms with Crippen molar-refractivity contribution in [1.82, 2.24) is 0 Å². The van der Waals surface area contributed by atoms with Crippen LogP contribution in [0.5, 0.6) is 0 Å². The molecule has 0 amide bonds. The van der Waals surface area contributed by atoms with Gasteiger partial charge in [0.05, 0.1) is 6.61 Å². The molecule has 90 valence electrons. The number of hydrogen-bond donors (Lipinski definition) is 1. The van der Waals surface area contributed by atoms with E-state index in [1.165, 1.54) is 0 Å². The van der Waals surface area contributed by atoms with E-state index in [0.717, 1.165) is 18.5 Å². The van der Waals surface area contributed by atoms with Crippen LogP contribution in [-0.4, -0.2) is 24.4 Å². The van der Waals surface area contributed by atoms with Crippen LogP contribution in [0.2, 0.25) is 0 Å². The van der Waals surface area contributed by atoms with Crippen LogP contribution in [0.3, 0.4) is 0 Å². The molecule has 1 aromatic rings. The molecule has 4 nitrogen and oxygen atoms in total. The van der Waals surface area contributed by atoms with E-state index in [0.29, 0.717) is 13.0 Å². The van der Waals surface area contributed by atoms with Crippen molar-refractivity contribution in [3.63, 3.8) is 0 Å². The minimum Gasteiger partial charge on any atom is -0.431 e. The van der Waals surface area contributed by atoms with Crippen molar-refractivity contribution in [3.05, 3.63) is 30.3 Å². The highest BCUT2D eigenvalue weighted by molar-refractivity contribution is 5.81. The lowest BCUT2D eigenvalue weighted by Crippen LogP contribution is -2.27. The Hall–Kier alpha value is -1.55. The van der Waals surface area contributed by atoms with Gasteiger partial charge in [0.25, 0.3) is 0 Å². The summed E-state index contributed by atoms with van der Waals surface area (Å²) in [6.07, 6.45) is 2.37. The number of para-hydroxylation sites is 1. The molecule has 1 N–H and O–H groups in total. The molecule has 2 aliphatic rings. The number of carbonyl (C=O) groups excluding carboxylic acids is 1. The molecule has 0 radical (unpaired) electrons. The molecule has 2 fully saturated rings. The van der Waals surface area contributed by atoms with Gasteiger partial charge in [-0.1, -0.05) is 18.2 Å². The number of benzene rings is 1. The topological polar surface area (TPSA) is 47.6 Å². The highest BCUT2D eigenvalue weighted by Crippen LogP contribution is 2.37. The molecule has 0 unspecified atom stereocenters. The predicted octanol–water partition coefficient (Wildman–Crippen LogP) is 1.92. The van der Waals surface area contributed by atoms with Gasteiger partial charge < -0.3 is 14.8 Å². The van der Waals surface area contributed by atoms with Crippen LogP contribution >= 0.6 is 0 Å². The molecule has 1 aromatic carbocycles. The van der Waals surface area contributed by atoms with Crippen molar-refractivity contribution in [2.75, 3.05) is 11.9 Å². The van der Waals surface area contributed by atoms with Crippen molar-refractivity contribution in [2.24, 2.45) is 0 Å². The molecule has 2 atom stereocenters. The average Bonchev–Trinajstić information content (AvgIpc) is 2.89. The number of nitrogens with one attached hydrogen (secondary N) is 1. The van der Waals surface area contributed by atoms with Crippen LogP contribution < -0.4 is 5.32 Å². The molecule has 0 bridgehead atoms. The van der Waals surface area contributed by atoms with Crippen LogP contribution in [-0.2, 0) is 14.3 Å². The van der Waals surface area contributed by atoms with Gasteiger partial charge in [-0.25, -0.2) is 4.79 Å². The Kier molecular flexibility index (Phi) is 2.52. The molecule has 2 heterocycles. The van der Waals surface area contributed by atoms with Gasteiger partial charge in [-0.3, -0.25) is 0 Å². The van der Waals surface area contributed by atoms with Gasteiger partial charge in [0.1, 0.15) is 6.04 Å². The van der Waals surface area contributed by atoms with Gasteiger partial charge in [-0.05, 0) is 18.6 Å². The fourth-order valence-corrected chi connectivity index (χ4v) is 2.45. The van der Waals surface area contributed by atoms with Crippen LogP contribution in [0.1, 0.15) is 19.3 Å². The minimum absolute atomic E-state index is 0.212. The average molecular weight is 233 g/mol. The van der Waals surface area contributed by atoms with Gasteiger partial charge in [0.15, 0.2) is 0 Å². The Balaban J connectivity index is 1.71. The molecule has 0 aromatic heterocycles. The zero-order valence-corrected chi connectivity index (χ0v) is 9.52. The predicted molar refractivity (Wildman–Crippen MR) is 62.5 cm³/mol. The first-order valence-corrected chi connectivity index (χ1v) is 5.96. The van der Waals surface area contributed by atoms with Crippen LogP contribution in [0, 0.1) is 0 Å². The van der Waals surface area contributed by atoms with E-state index in [1.807, 2.05) is 30.3 Å². The van der Waals surface area contributed by atoms with Crippen molar-refractivity contribution in [2.45, 2.75) is 31.1 Å². The van der Waals surface area contributed by atoms with E-state index in [-0.39, 0.29) is 12.0 Å². The highest BCUT2D eigenvalue weighted by atomic mass is 16.7. The Labute approximate surface area is 99.9 Å². The fourth-order valence-electron chi connectivity index (χ4n) is 2.45. The maximum absolute atomic E-state index is 11.8. The molecule has 1 spiro atoms. The van der Waals surface area contributed by atoms with Crippen LogP contribution in [0.4, 0.5) is 5.69 Å². The van der Waals surface area contributed by atoms with Crippen molar-refractivity contribution >= 4 is 11.7 Å². The lowest BCUT2D eigenvalue weighted by Gasteiger charge is -2.19. The zero-order chi connectivity index (χ0) is 11.7. The second kappa shape index (κ2) is 4.04. The third-order valence-electron chi connectivity index (χ3n) is 3.27. The fraction of sp³-hybridized carbons (Fsp3) is 0.462. The lowest BCUT2D eigenvalue weighted by molar-refractivity contribution is -0.192. The number of anilines is 1. The first-order chi connectivity index (χ1) is 8.27. The van der Waals surface area contributed by atoms with Crippen molar-refractivity contribution in [1.29, 1.82) is 0 Å². The Morgan fingerprint density at radius 2 is 2.12 bits per heavy atom. The first-order valence-electron chi connectivity index (χ1n) is 5.96. The largest absolute Gasteiger partial charge is 0.431 e. The second-order valence-electron chi connectivity index (χ2n) is 4.55. The summed E-state index contributed by atoms with van der Waals surface area (Å²) < 4.78 is 10.9. The number of esters is 1. The highest BCUT2D eigenvalue weighted by Gasteiger charge is 2.49. The van der Waals surface area contributed by atoms with E-state index in [1.54, 1.807) is 0 Å². The molecule has 3 rings (SSSR count). The quantitative estimate of drug-likeness (QED) is 0.793. The smallest absolute Gasteiger partial charge is 0.331 e. The van der Waals surface area contributed by atoms with Gasteiger partial charge >= 0.3 is 5.97 Å². The maximum atomic E-state index is 11.8. The van der Waals surface area contributed by atoms with Crippen LogP contribution in [0.15, 0.2) is 30.3 Å². The Bertz CT molecular complexity index is 412. The normalized spacial score (nSPS) is 31.8. The third-order valence-corrected chi connectivity index (χ3v) is 3.27. The monoisotopic (exact) mass is 233 g/mol. The van der Waals surface area contributed by atoms with Crippen LogP contribution in [0.25, 0.3) is 0 Å². The molecule has 4 heteroatoms. The van der Waals surface area contributed by atoms with E-state index in [2.05, 4.69) is 5.32 Å². The summed E-state index contributed by atoms with van der Waals surface area (Å²) in [7, 11) is 0. The van der Waals surface area contributed by atoms with Gasteiger partial charge in [-0.2, -0.15) is 0 Å². The molecular formula is C13H15NO3. The standard InChI is InChI=1S/C13H15NO3/c15-12-11(14-10-5-2-1-3-6-10)9-13(17-12)7-4-8-16-13/h1-3,5-6,11,14H,4,7-9H2/t11-,13+/m0/s1. The molecular weight excluding hydrogens is 218 g/mol. The summed E-state index contributed by atoms with van der Waals surface area (Å²) in [6, 6.07) is 9.39. The van der Waals surface area contributed by atoms with Gasteiger partial charge in [0, 0.05) is 18.5 Å². The number of ether oxygens (including phenoxy) is 2. The second-order valence-corrected chi connectivity index (χ2v) is 4.55. The summed E-state index contributed by atoms with van der Waals surface area (Å²) in [6.45, 7) is 0.686. The SMILES string of the molecule is O=C1O[C@]2(CCCO2)C[C@@H]1Nc1ccccc1. The van der Waals surface area contributed by atoms with Gasteiger partial charge in [0.2, 0.25) is 5.79 Å². The zero-order valence-electron chi connectivity index (χ0n) is 9.52. The molecule has 2 aliphatic heterocycles. The van der Waals surface area contributed by atoms with E-state index >= 15 is 0 Å². The summed E-state index contributed by atoms with van der Waals surface area (Å²) in [5, 5.41) is 3.19. The maximum Gasteiger partial charge on any atom is 0.331 e. The molecule has 17 heavy (non-hydrogen) atoms. The summed E-state index contributed by atoms with van der Waals surface area (Å²) in [5.74, 6) is -0.862. The van der Waals surface area contributed by atoms with E-state index < -0.39 is 5.79 Å².